The molecule has 150 valence electrons. The fourth-order valence-corrected chi connectivity index (χ4v) is 3.08. The Bertz CT molecular complexity index is 452. The van der Waals surface area contributed by atoms with E-state index in [0.717, 1.165) is 43.2 Å². The van der Waals surface area contributed by atoms with Gasteiger partial charge in [0.15, 0.2) is 0 Å². The minimum Gasteiger partial charge on any atom is -0.497 e. The molecule has 0 atom stereocenters. The Morgan fingerprint density at radius 2 is 1.38 bits per heavy atom. The van der Waals surface area contributed by atoms with E-state index in [1.165, 1.54) is 57.8 Å². The van der Waals surface area contributed by atoms with E-state index in [0.29, 0.717) is 0 Å². The second kappa shape index (κ2) is 16.0. The van der Waals surface area contributed by atoms with Crippen molar-refractivity contribution in [3.05, 3.63) is 23.8 Å². The molecule has 0 saturated carbocycles. The van der Waals surface area contributed by atoms with Gasteiger partial charge in [0.05, 0.1) is 14.2 Å². The maximum atomic E-state index is 5.42. The molecule has 4 heteroatoms. The van der Waals surface area contributed by atoms with Crippen molar-refractivity contribution in [1.29, 1.82) is 0 Å². The lowest BCUT2D eigenvalue weighted by Gasteiger charge is -2.11. The summed E-state index contributed by atoms with van der Waals surface area (Å²) in [6.45, 7) is 6.19. The van der Waals surface area contributed by atoms with E-state index in [1.54, 1.807) is 14.2 Å². The van der Waals surface area contributed by atoms with Crippen LogP contribution in [0.4, 0.5) is 0 Å². The molecule has 1 rings (SSSR count). The van der Waals surface area contributed by atoms with Gasteiger partial charge in [-0.1, -0.05) is 64.4 Å². The summed E-state index contributed by atoms with van der Waals surface area (Å²) in [7, 11) is 3.37. The van der Waals surface area contributed by atoms with Crippen molar-refractivity contribution < 1.29 is 9.47 Å². The molecule has 4 nitrogen and oxygen atoms in total. The van der Waals surface area contributed by atoms with Gasteiger partial charge >= 0.3 is 0 Å². The Balaban J connectivity index is 1.94. The summed E-state index contributed by atoms with van der Waals surface area (Å²) in [4.78, 5) is 0. The van der Waals surface area contributed by atoms with E-state index in [9.17, 15) is 0 Å². The van der Waals surface area contributed by atoms with Crippen molar-refractivity contribution in [2.24, 2.45) is 0 Å². The molecular formula is C22H40N2O2. The average molecular weight is 365 g/mol. The van der Waals surface area contributed by atoms with E-state index in [2.05, 4.69) is 23.6 Å². The number of nitrogens with one attached hydrogen (secondary N) is 2. The smallest absolute Gasteiger partial charge is 0.127 e. The summed E-state index contributed by atoms with van der Waals surface area (Å²) in [5, 5.41) is 6.99. The van der Waals surface area contributed by atoms with Crippen LogP contribution in [0.15, 0.2) is 18.2 Å². The third-order valence-electron chi connectivity index (χ3n) is 4.75. The van der Waals surface area contributed by atoms with Gasteiger partial charge in [-0.3, -0.25) is 0 Å². The van der Waals surface area contributed by atoms with Crippen LogP contribution in [0.5, 0.6) is 11.5 Å². The highest BCUT2D eigenvalue weighted by atomic mass is 16.5. The molecule has 1 aromatic rings. The van der Waals surface area contributed by atoms with Crippen LogP contribution in [0.25, 0.3) is 0 Å². The first-order valence-electron chi connectivity index (χ1n) is 10.4. The lowest BCUT2D eigenvalue weighted by Crippen LogP contribution is -2.27. The van der Waals surface area contributed by atoms with Crippen LogP contribution in [-0.4, -0.2) is 33.9 Å². The van der Waals surface area contributed by atoms with Crippen LogP contribution in [-0.2, 0) is 6.54 Å². The molecule has 0 aliphatic carbocycles. The zero-order valence-electron chi connectivity index (χ0n) is 17.2. The Labute approximate surface area is 161 Å². The normalized spacial score (nSPS) is 10.9. The number of unbranched alkanes of at least 4 members (excludes halogenated alkanes) is 8. The molecule has 1 aromatic carbocycles. The number of benzene rings is 1. The van der Waals surface area contributed by atoms with Crippen LogP contribution >= 0.6 is 0 Å². The predicted molar refractivity (Wildman–Crippen MR) is 111 cm³/mol. The topological polar surface area (TPSA) is 42.5 Å². The standard InChI is InChI=1S/C22H40N2O2/c1-4-5-6-7-8-9-10-11-12-15-23-16-17-24-19-20-13-14-21(25-2)18-22(20)26-3/h13-14,18,23-24H,4-12,15-17,19H2,1-3H3. The molecule has 0 aromatic heterocycles. The molecule has 0 aliphatic heterocycles. The van der Waals surface area contributed by atoms with Gasteiger partial charge in [-0.25, -0.2) is 0 Å². The number of ether oxygens (including phenoxy) is 2. The number of hydrogen-bond acceptors (Lipinski definition) is 4. The monoisotopic (exact) mass is 364 g/mol. The van der Waals surface area contributed by atoms with Gasteiger partial charge in [-0.05, 0) is 19.0 Å². The Morgan fingerprint density at radius 3 is 2.04 bits per heavy atom. The van der Waals surface area contributed by atoms with Gasteiger partial charge in [-0.15, -0.1) is 0 Å². The van der Waals surface area contributed by atoms with E-state index < -0.39 is 0 Å². The molecule has 0 saturated heterocycles. The summed E-state index contributed by atoms with van der Waals surface area (Å²) < 4.78 is 10.6. The highest BCUT2D eigenvalue weighted by Gasteiger charge is 2.04. The molecule has 0 unspecified atom stereocenters. The molecule has 2 N–H and O–H groups in total. The van der Waals surface area contributed by atoms with Gasteiger partial charge in [0.2, 0.25) is 0 Å². The maximum Gasteiger partial charge on any atom is 0.127 e. The highest BCUT2D eigenvalue weighted by Crippen LogP contribution is 2.24. The largest absolute Gasteiger partial charge is 0.497 e. The number of hydrogen-bond donors (Lipinski definition) is 2. The van der Waals surface area contributed by atoms with Crippen LogP contribution in [0.2, 0.25) is 0 Å². The average Bonchev–Trinajstić information content (AvgIpc) is 2.68. The predicted octanol–water partition coefficient (Wildman–Crippen LogP) is 4.91. The van der Waals surface area contributed by atoms with Crippen LogP contribution in [0.3, 0.4) is 0 Å². The third-order valence-corrected chi connectivity index (χ3v) is 4.75. The second-order valence-electron chi connectivity index (χ2n) is 6.93. The first-order valence-corrected chi connectivity index (χ1v) is 10.4. The van der Waals surface area contributed by atoms with E-state index >= 15 is 0 Å². The van der Waals surface area contributed by atoms with Crippen molar-refractivity contribution in [1.82, 2.24) is 10.6 Å². The van der Waals surface area contributed by atoms with Gasteiger partial charge in [0, 0.05) is 31.3 Å². The minimum atomic E-state index is 0.812. The summed E-state index contributed by atoms with van der Waals surface area (Å²) in [6, 6.07) is 5.96. The SMILES string of the molecule is CCCCCCCCCCCNCCNCc1ccc(OC)cc1OC. The summed E-state index contributed by atoms with van der Waals surface area (Å²) in [5.41, 5.74) is 1.16. The van der Waals surface area contributed by atoms with Crippen LogP contribution in [0, 0.1) is 0 Å². The summed E-state index contributed by atoms with van der Waals surface area (Å²) in [6.07, 6.45) is 12.5. The highest BCUT2D eigenvalue weighted by molar-refractivity contribution is 5.40. The molecule has 0 amide bonds. The summed E-state index contributed by atoms with van der Waals surface area (Å²) in [5.74, 6) is 1.70. The van der Waals surface area contributed by atoms with Crippen molar-refractivity contribution in [2.75, 3.05) is 33.9 Å². The molecule has 0 aliphatic rings. The third kappa shape index (κ3) is 10.7. The zero-order valence-corrected chi connectivity index (χ0v) is 17.2. The van der Waals surface area contributed by atoms with E-state index in [4.69, 9.17) is 9.47 Å². The van der Waals surface area contributed by atoms with Crippen LogP contribution in [0.1, 0.15) is 70.3 Å². The minimum absolute atomic E-state index is 0.812. The fraction of sp³-hybridized carbons (Fsp3) is 0.727. The number of methoxy groups -OCH3 is 2. The quantitative estimate of drug-likeness (QED) is 0.385. The van der Waals surface area contributed by atoms with Crippen molar-refractivity contribution >= 4 is 0 Å². The first-order chi connectivity index (χ1) is 12.8. The van der Waals surface area contributed by atoms with E-state index in [1.807, 2.05) is 12.1 Å². The maximum absolute atomic E-state index is 5.42. The molecule has 0 radical (unpaired) electrons. The van der Waals surface area contributed by atoms with Crippen molar-refractivity contribution in [3.8, 4) is 11.5 Å². The molecule has 0 bridgehead atoms. The molecule has 26 heavy (non-hydrogen) atoms. The number of rotatable bonds is 17. The van der Waals surface area contributed by atoms with Gasteiger partial charge in [0.25, 0.3) is 0 Å². The van der Waals surface area contributed by atoms with Gasteiger partial charge in [0.1, 0.15) is 11.5 Å². The second-order valence-corrected chi connectivity index (χ2v) is 6.93. The summed E-state index contributed by atoms with van der Waals surface area (Å²) >= 11 is 0. The molecule has 0 spiro atoms. The molecule has 0 fully saturated rings. The van der Waals surface area contributed by atoms with Crippen LogP contribution < -0.4 is 20.1 Å². The Kier molecular flexibility index (Phi) is 14.0. The van der Waals surface area contributed by atoms with Gasteiger partial charge < -0.3 is 20.1 Å². The lowest BCUT2D eigenvalue weighted by atomic mass is 10.1. The van der Waals surface area contributed by atoms with E-state index in [-0.39, 0.29) is 0 Å². The fourth-order valence-electron chi connectivity index (χ4n) is 3.08. The Morgan fingerprint density at radius 1 is 0.731 bits per heavy atom. The lowest BCUT2D eigenvalue weighted by molar-refractivity contribution is 0.390. The van der Waals surface area contributed by atoms with Crippen molar-refractivity contribution in [2.45, 2.75) is 71.3 Å². The molecular weight excluding hydrogens is 324 g/mol. The Hall–Kier alpha value is -1.26. The zero-order chi connectivity index (χ0) is 18.9. The van der Waals surface area contributed by atoms with Gasteiger partial charge in [-0.2, -0.15) is 0 Å². The first kappa shape index (κ1) is 22.8. The van der Waals surface area contributed by atoms with Crippen molar-refractivity contribution in [3.63, 3.8) is 0 Å². The molecule has 0 heterocycles.